The lowest BCUT2D eigenvalue weighted by atomic mass is 10.0. The van der Waals surface area contributed by atoms with Crippen LogP contribution in [-0.4, -0.2) is 19.1 Å². The fourth-order valence-electron chi connectivity index (χ4n) is 8.32. The molecule has 0 saturated heterocycles. The first-order valence-electron chi connectivity index (χ1n) is 18.3. The van der Waals surface area contributed by atoms with Crippen molar-refractivity contribution >= 4 is 54.4 Å². The fourth-order valence-corrected chi connectivity index (χ4v) is 8.32. The van der Waals surface area contributed by atoms with Gasteiger partial charge < -0.3 is 9.13 Å². The van der Waals surface area contributed by atoms with Gasteiger partial charge in [-0.3, -0.25) is 0 Å². The summed E-state index contributed by atoms with van der Waals surface area (Å²) in [5, 5.41) is 7.22. The van der Waals surface area contributed by atoms with E-state index in [1.54, 1.807) is 0 Å². The topological polar surface area (TPSA) is 35.6 Å². The van der Waals surface area contributed by atoms with E-state index < -0.39 is 0 Å². The van der Waals surface area contributed by atoms with E-state index in [1.807, 2.05) is 12.1 Å². The molecule has 11 rings (SSSR count). The van der Waals surface area contributed by atoms with Crippen LogP contribution in [0.5, 0.6) is 0 Å². The maximum Gasteiger partial charge on any atom is 0.161 e. The summed E-state index contributed by atoms with van der Waals surface area (Å²) in [5.41, 5.74) is 12.0. The Balaban J connectivity index is 1.14. The van der Waals surface area contributed by atoms with Gasteiger partial charge in [-0.25, -0.2) is 9.97 Å². The highest BCUT2D eigenvalue weighted by Crippen LogP contribution is 2.42. The highest BCUT2D eigenvalue weighted by atomic mass is 15.0. The normalized spacial score (nSPS) is 11.7. The Hall–Kier alpha value is -7.30. The molecule has 252 valence electrons. The molecule has 0 N–H and O–H groups in total. The summed E-state index contributed by atoms with van der Waals surface area (Å²) in [4.78, 5) is 10.3. The van der Waals surface area contributed by atoms with Gasteiger partial charge >= 0.3 is 0 Å². The number of hydrogen-bond acceptors (Lipinski definition) is 2. The number of nitrogens with zero attached hydrogens (tertiary/aromatic N) is 4. The average molecular weight is 689 g/mol. The fraction of sp³-hybridized carbons (Fsp3) is 0. The smallest absolute Gasteiger partial charge is 0.161 e. The SMILES string of the molecule is c1ccc(-c2cc(-c3ccccc3)nc(-c3cccc4cc(-n5c6ccccc6c6c5ccc5c7ccccc7n(-c7ccccc7)c56)ccc34)n2)cc1. The van der Waals surface area contributed by atoms with Gasteiger partial charge in [-0.05, 0) is 59.3 Å². The molecular formula is C50H32N4. The zero-order valence-corrected chi connectivity index (χ0v) is 29.3. The zero-order chi connectivity index (χ0) is 35.6. The van der Waals surface area contributed by atoms with Gasteiger partial charge in [0.1, 0.15) is 0 Å². The molecule has 3 aromatic heterocycles. The van der Waals surface area contributed by atoms with Crippen LogP contribution in [0.3, 0.4) is 0 Å². The van der Waals surface area contributed by atoms with Gasteiger partial charge in [0.05, 0.1) is 33.5 Å². The second-order valence-electron chi connectivity index (χ2n) is 13.8. The largest absolute Gasteiger partial charge is 0.309 e. The molecule has 0 bridgehead atoms. The highest BCUT2D eigenvalue weighted by Gasteiger charge is 2.21. The van der Waals surface area contributed by atoms with Crippen molar-refractivity contribution in [2.45, 2.75) is 0 Å². The predicted molar refractivity (Wildman–Crippen MR) is 225 cm³/mol. The lowest BCUT2D eigenvalue weighted by molar-refractivity contribution is 1.17. The summed E-state index contributed by atoms with van der Waals surface area (Å²) < 4.78 is 4.85. The van der Waals surface area contributed by atoms with Gasteiger partial charge in [0.15, 0.2) is 5.82 Å². The Morgan fingerprint density at radius 1 is 0.352 bits per heavy atom. The van der Waals surface area contributed by atoms with Crippen LogP contribution in [0.1, 0.15) is 0 Å². The molecule has 0 aliphatic carbocycles. The number of benzene rings is 8. The summed E-state index contributed by atoms with van der Waals surface area (Å²) in [6.45, 7) is 0. The molecule has 8 aromatic carbocycles. The van der Waals surface area contributed by atoms with Crippen molar-refractivity contribution in [3.05, 3.63) is 194 Å². The van der Waals surface area contributed by atoms with E-state index in [9.17, 15) is 0 Å². The Bertz CT molecular complexity index is 3140. The van der Waals surface area contributed by atoms with Crippen molar-refractivity contribution in [2.24, 2.45) is 0 Å². The van der Waals surface area contributed by atoms with Crippen molar-refractivity contribution in [3.63, 3.8) is 0 Å². The van der Waals surface area contributed by atoms with Crippen LogP contribution in [0.2, 0.25) is 0 Å². The molecule has 3 heterocycles. The van der Waals surface area contributed by atoms with Gasteiger partial charge in [-0.15, -0.1) is 0 Å². The lowest BCUT2D eigenvalue weighted by Gasteiger charge is -2.13. The highest BCUT2D eigenvalue weighted by molar-refractivity contribution is 6.26. The van der Waals surface area contributed by atoms with E-state index in [4.69, 9.17) is 9.97 Å². The predicted octanol–water partition coefficient (Wildman–Crippen LogP) is 12.8. The van der Waals surface area contributed by atoms with E-state index in [0.29, 0.717) is 5.82 Å². The van der Waals surface area contributed by atoms with Crippen molar-refractivity contribution in [2.75, 3.05) is 0 Å². The summed E-state index contributed by atoms with van der Waals surface area (Å²) in [6, 6.07) is 68.9. The third kappa shape index (κ3) is 4.70. The van der Waals surface area contributed by atoms with E-state index >= 15 is 0 Å². The van der Waals surface area contributed by atoms with Crippen LogP contribution in [0.4, 0.5) is 0 Å². The van der Waals surface area contributed by atoms with Gasteiger partial charge in [0, 0.05) is 49.6 Å². The third-order valence-corrected chi connectivity index (χ3v) is 10.7. The molecule has 0 aliphatic rings. The number of aromatic nitrogens is 4. The van der Waals surface area contributed by atoms with Crippen LogP contribution in [0, 0.1) is 0 Å². The lowest BCUT2D eigenvalue weighted by Crippen LogP contribution is -1.97. The molecular weight excluding hydrogens is 657 g/mol. The first-order chi connectivity index (χ1) is 26.8. The molecule has 0 amide bonds. The van der Waals surface area contributed by atoms with Crippen molar-refractivity contribution in [1.82, 2.24) is 19.1 Å². The second-order valence-corrected chi connectivity index (χ2v) is 13.8. The summed E-state index contributed by atoms with van der Waals surface area (Å²) in [7, 11) is 0. The monoisotopic (exact) mass is 688 g/mol. The van der Waals surface area contributed by atoms with Crippen LogP contribution in [0.15, 0.2) is 194 Å². The Morgan fingerprint density at radius 3 is 1.65 bits per heavy atom. The van der Waals surface area contributed by atoms with E-state index in [1.165, 1.54) is 43.6 Å². The van der Waals surface area contributed by atoms with E-state index in [-0.39, 0.29) is 0 Å². The second kappa shape index (κ2) is 12.1. The number of rotatable bonds is 5. The van der Waals surface area contributed by atoms with Gasteiger partial charge in [0.2, 0.25) is 0 Å². The minimum absolute atomic E-state index is 0.710. The van der Waals surface area contributed by atoms with Gasteiger partial charge in [-0.1, -0.05) is 146 Å². The molecule has 0 fully saturated rings. The molecule has 11 aromatic rings. The zero-order valence-electron chi connectivity index (χ0n) is 29.3. The Kier molecular flexibility index (Phi) is 6.82. The molecule has 0 saturated carbocycles. The Morgan fingerprint density at radius 2 is 0.944 bits per heavy atom. The van der Waals surface area contributed by atoms with Crippen molar-refractivity contribution < 1.29 is 0 Å². The average Bonchev–Trinajstić information content (AvgIpc) is 3.77. The summed E-state index contributed by atoms with van der Waals surface area (Å²) in [6.07, 6.45) is 0. The quantitative estimate of drug-likeness (QED) is 0.180. The molecule has 54 heavy (non-hydrogen) atoms. The summed E-state index contributed by atoms with van der Waals surface area (Å²) >= 11 is 0. The molecule has 0 atom stereocenters. The minimum atomic E-state index is 0.710. The third-order valence-electron chi connectivity index (χ3n) is 10.7. The molecule has 4 heteroatoms. The van der Waals surface area contributed by atoms with Gasteiger partial charge in [0.25, 0.3) is 0 Å². The number of hydrogen-bond donors (Lipinski definition) is 0. The van der Waals surface area contributed by atoms with E-state index in [2.05, 4.69) is 191 Å². The van der Waals surface area contributed by atoms with Crippen LogP contribution >= 0.6 is 0 Å². The maximum absolute atomic E-state index is 5.17. The summed E-state index contributed by atoms with van der Waals surface area (Å²) in [5.74, 6) is 0.710. The Labute approximate surface area is 311 Å². The van der Waals surface area contributed by atoms with E-state index in [0.717, 1.165) is 50.2 Å². The first kappa shape index (κ1) is 30.3. The first-order valence-corrected chi connectivity index (χ1v) is 18.3. The molecule has 0 spiro atoms. The van der Waals surface area contributed by atoms with Crippen molar-refractivity contribution in [3.8, 4) is 45.3 Å². The van der Waals surface area contributed by atoms with Crippen LogP contribution in [-0.2, 0) is 0 Å². The van der Waals surface area contributed by atoms with Crippen LogP contribution < -0.4 is 0 Å². The standard InChI is InChI=1S/C50H32N4/c1-4-15-33(16-5-1)43-32-44(34-17-6-2-7-18-34)52-50(51-43)41-24-14-19-35-31-37(27-28-38(35)41)53-46-26-13-11-23-42(46)48-47(53)30-29-40-39-22-10-12-25-45(39)54(49(40)48)36-20-8-3-9-21-36/h1-32H. The molecule has 0 radical (unpaired) electrons. The molecule has 0 unspecified atom stereocenters. The van der Waals surface area contributed by atoms with Crippen molar-refractivity contribution in [1.29, 1.82) is 0 Å². The number of fused-ring (bicyclic) bond motifs is 8. The maximum atomic E-state index is 5.17. The molecule has 4 nitrogen and oxygen atoms in total. The molecule has 0 aliphatic heterocycles. The number of para-hydroxylation sites is 3. The van der Waals surface area contributed by atoms with Crippen LogP contribution in [0.25, 0.3) is 99.7 Å². The minimum Gasteiger partial charge on any atom is -0.309 e. The van der Waals surface area contributed by atoms with Gasteiger partial charge in [-0.2, -0.15) is 0 Å².